The Balaban J connectivity index is 2.62. The highest BCUT2D eigenvalue weighted by molar-refractivity contribution is 7.12. The average molecular weight is 250 g/mol. The number of hydrogen-bond acceptors (Lipinski definition) is 5. The van der Waals surface area contributed by atoms with Crippen molar-refractivity contribution in [3.8, 4) is 11.1 Å². The zero-order valence-electron chi connectivity index (χ0n) is 9.31. The van der Waals surface area contributed by atoms with Crippen molar-refractivity contribution in [1.29, 1.82) is 0 Å². The second-order valence-electron chi connectivity index (χ2n) is 3.45. The number of aryl methyl sites for hydroxylation is 1. The van der Waals surface area contributed by atoms with E-state index in [0.717, 1.165) is 5.56 Å². The van der Waals surface area contributed by atoms with Gasteiger partial charge in [0.1, 0.15) is 4.88 Å². The van der Waals surface area contributed by atoms with Crippen molar-refractivity contribution >= 4 is 17.3 Å². The molecule has 0 aromatic carbocycles. The molecule has 0 bridgehead atoms. The van der Waals surface area contributed by atoms with Gasteiger partial charge < -0.3 is 4.74 Å². The van der Waals surface area contributed by atoms with Crippen molar-refractivity contribution in [2.45, 2.75) is 6.92 Å². The molecule has 2 aromatic rings. The molecule has 0 aliphatic heterocycles. The first-order valence-electron chi connectivity index (χ1n) is 4.85. The predicted octanol–water partition coefficient (Wildman–Crippen LogP) is 1.59. The number of carbonyl (C=O) groups excluding carboxylic acids is 1. The number of H-pyrrole nitrogens is 1. The fraction of sp³-hybridized carbons (Fsp3) is 0.182. The number of ether oxygens (including phenoxy) is 1. The number of thiophene rings is 1. The van der Waals surface area contributed by atoms with Crippen molar-refractivity contribution in [3.05, 3.63) is 38.4 Å². The molecule has 0 amide bonds. The van der Waals surface area contributed by atoms with Crippen LogP contribution in [0.5, 0.6) is 0 Å². The van der Waals surface area contributed by atoms with Crippen LogP contribution >= 0.6 is 11.3 Å². The molecule has 1 N–H and O–H groups in total. The minimum atomic E-state index is -0.404. The fourth-order valence-corrected chi connectivity index (χ4v) is 2.55. The largest absolute Gasteiger partial charge is 0.465 e. The number of methoxy groups -OCH3 is 1. The Morgan fingerprint density at radius 2 is 2.29 bits per heavy atom. The number of aromatic nitrogens is 2. The van der Waals surface area contributed by atoms with Gasteiger partial charge in [0.2, 0.25) is 0 Å². The summed E-state index contributed by atoms with van der Waals surface area (Å²) in [4.78, 5) is 23.3. The molecule has 2 heterocycles. The maximum absolute atomic E-state index is 11.6. The minimum absolute atomic E-state index is 0.302. The molecule has 0 aliphatic rings. The molecular weight excluding hydrogens is 240 g/mol. The second kappa shape index (κ2) is 4.50. The number of hydrogen-bond donors (Lipinski definition) is 1. The fourth-order valence-electron chi connectivity index (χ4n) is 1.56. The molecule has 0 spiro atoms. The Kier molecular flexibility index (Phi) is 3.06. The van der Waals surface area contributed by atoms with Gasteiger partial charge in [-0.2, -0.15) is 5.10 Å². The highest BCUT2D eigenvalue weighted by atomic mass is 32.1. The van der Waals surface area contributed by atoms with E-state index in [1.54, 1.807) is 0 Å². The topological polar surface area (TPSA) is 72.0 Å². The molecule has 0 saturated heterocycles. The molecule has 17 heavy (non-hydrogen) atoms. The van der Waals surface area contributed by atoms with Gasteiger partial charge in [-0.15, -0.1) is 11.3 Å². The van der Waals surface area contributed by atoms with E-state index in [4.69, 9.17) is 4.74 Å². The van der Waals surface area contributed by atoms with Crippen LogP contribution in [0.2, 0.25) is 0 Å². The summed E-state index contributed by atoms with van der Waals surface area (Å²) in [6.45, 7) is 1.87. The average Bonchev–Trinajstić information content (AvgIpc) is 2.70. The van der Waals surface area contributed by atoms with Crippen LogP contribution in [0.4, 0.5) is 0 Å². The maximum atomic E-state index is 11.6. The summed E-state index contributed by atoms with van der Waals surface area (Å²) in [5, 5.41) is 7.87. The van der Waals surface area contributed by atoms with Gasteiger partial charge in [0.05, 0.1) is 13.3 Å². The number of esters is 1. The van der Waals surface area contributed by atoms with Gasteiger partial charge in [-0.05, 0) is 17.9 Å². The quantitative estimate of drug-likeness (QED) is 0.821. The molecular formula is C11H10N2O3S. The molecule has 0 atom stereocenters. The Hall–Kier alpha value is -1.95. The Bertz CT molecular complexity index is 615. The number of carbonyl (C=O) groups is 1. The number of aromatic amines is 1. The SMILES string of the molecule is COC(=O)c1scc(C)c1-c1cn[nH]c(=O)c1. The van der Waals surface area contributed by atoms with E-state index in [-0.39, 0.29) is 5.56 Å². The summed E-state index contributed by atoms with van der Waals surface area (Å²) in [5.41, 5.74) is 1.94. The summed E-state index contributed by atoms with van der Waals surface area (Å²) in [7, 11) is 1.33. The van der Waals surface area contributed by atoms with E-state index in [1.165, 1.54) is 30.7 Å². The van der Waals surface area contributed by atoms with Crippen molar-refractivity contribution in [2.75, 3.05) is 7.11 Å². The number of rotatable bonds is 2. The summed E-state index contributed by atoms with van der Waals surface area (Å²) >= 11 is 1.29. The van der Waals surface area contributed by atoms with Crippen molar-refractivity contribution in [1.82, 2.24) is 10.2 Å². The Morgan fingerprint density at radius 1 is 1.53 bits per heavy atom. The normalized spacial score (nSPS) is 10.2. The summed E-state index contributed by atoms with van der Waals surface area (Å²) in [5.74, 6) is -0.404. The van der Waals surface area contributed by atoms with Crippen LogP contribution in [0.1, 0.15) is 15.2 Å². The predicted molar refractivity (Wildman–Crippen MR) is 64.2 cm³/mol. The molecule has 5 nitrogen and oxygen atoms in total. The molecule has 6 heteroatoms. The van der Waals surface area contributed by atoms with Gasteiger partial charge in [-0.25, -0.2) is 9.89 Å². The molecule has 0 fully saturated rings. The second-order valence-corrected chi connectivity index (χ2v) is 4.33. The van der Waals surface area contributed by atoms with E-state index < -0.39 is 5.97 Å². The standard InChI is InChI=1S/C11H10N2O3S/c1-6-5-17-10(11(15)16-2)9(6)7-3-8(14)13-12-4-7/h3-5H,1-2H3,(H,13,14). The highest BCUT2D eigenvalue weighted by Crippen LogP contribution is 2.31. The van der Waals surface area contributed by atoms with Gasteiger partial charge in [0.25, 0.3) is 5.56 Å². The van der Waals surface area contributed by atoms with Crippen LogP contribution in [-0.4, -0.2) is 23.3 Å². The van der Waals surface area contributed by atoms with Crippen LogP contribution in [0.25, 0.3) is 11.1 Å². The lowest BCUT2D eigenvalue weighted by atomic mass is 10.1. The highest BCUT2D eigenvalue weighted by Gasteiger charge is 2.18. The van der Waals surface area contributed by atoms with Gasteiger partial charge in [-0.1, -0.05) is 0 Å². The van der Waals surface area contributed by atoms with E-state index >= 15 is 0 Å². The first kappa shape index (κ1) is 11.5. The first-order valence-corrected chi connectivity index (χ1v) is 5.73. The molecule has 2 aromatic heterocycles. The third kappa shape index (κ3) is 2.12. The molecule has 2 rings (SSSR count). The first-order chi connectivity index (χ1) is 8.13. The lowest BCUT2D eigenvalue weighted by Crippen LogP contribution is -2.07. The lowest BCUT2D eigenvalue weighted by molar-refractivity contribution is 0.0607. The van der Waals surface area contributed by atoms with Gasteiger partial charge in [0, 0.05) is 17.2 Å². The van der Waals surface area contributed by atoms with Crippen molar-refractivity contribution < 1.29 is 9.53 Å². The Labute approximate surface area is 101 Å². The minimum Gasteiger partial charge on any atom is -0.465 e. The molecule has 0 saturated carbocycles. The van der Waals surface area contributed by atoms with Crippen LogP contribution in [0, 0.1) is 6.92 Å². The van der Waals surface area contributed by atoms with E-state index in [9.17, 15) is 9.59 Å². The van der Waals surface area contributed by atoms with E-state index in [2.05, 4.69) is 10.2 Å². The van der Waals surface area contributed by atoms with Crippen LogP contribution < -0.4 is 5.56 Å². The van der Waals surface area contributed by atoms with Gasteiger partial charge in [0.15, 0.2) is 0 Å². The van der Waals surface area contributed by atoms with E-state index in [0.29, 0.717) is 16.0 Å². The zero-order chi connectivity index (χ0) is 12.4. The van der Waals surface area contributed by atoms with E-state index in [1.807, 2.05) is 12.3 Å². The number of nitrogens with one attached hydrogen (secondary N) is 1. The molecule has 0 unspecified atom stereocenters. The molecule has 0 radical (unpaired) electrons. The molecule has 0 aliphatic carbocycles. The zero-order valence-corrected chi connectivity index (χ0v) is 10.1. The van der Waals surface area contributed by atoms with Crippen molar-refractivity contribution in [2.24, 2.45) is 0 Å². The smallest absolute Gasteiger partial charge is 0.348 e. The third-order valence-corrected chi connectivity index (χ3v) is 3.38. The number of nitrogens with zero attached hydrogens (tertiary/aromatic N) is 1. The Morgan fingerprint density at radius 3 is 2.94 bits per heavy atom. The molecule has 88 valence electrons. The lowest BCUT2D eigenvalue weighted by Gasteiger charge is -2.03. The summed E-state index contributed by atoms with van der Waals surface area (Å²) < 4.78 is 4.71. The monoisotopic (exact) mass is 250 g/mol. The van der Waals surface area contributed by atoms with Crippen LogP contribution in [-0.2, 0) is 4.74 Å². The van der Waals surface area contributed by atoms with Crippen LogP contribution in [0.3, 0.4) is 0 Å². The summed E-state index contributed by atoms with van der Waals surface area (Å²) in [6.07, 6.45) is 1.52. The third-order valence-electron chi connectivity index (χ3n) is 2.30. The summed E-state index contributed by atoms with van der Waals surface area (Å²) in [6, 6.07) is 1.41. The van der Waals surface area contributed by atoms with Crippen LogP contribution in [0.15, 0.2) is 22.4 Å². The van der Waals surface area contributed by atoms with Crippen molar-refractivity contribution in [3.63, 3.8) is 0 Å². The van der Waals surface area contributed by atoms with Gasteiger partial charge >= 0.3 is 5.97 Å². The maximum Gasteiger partial charge on any atom is 0.348 e. The van der Waals surface area contributed by atoms with Gasteiger partial charge in [-0.3, -0.25) is 4.79 Å².